The van der Waals surface area contributed by atoms with Gasteiger partial charge in [-0.25, -0.2) is 0 Å². The molecule has 0 atom stereocenters. The average molecular weight is 715 g/mol. The highest BCUT2D eigenvalue weighted by Crippen LogP contribution is 2.31. The minimum absolute atomic E-state index is 0.0407. The van der Waals surface area contributed by atoms with Crippen LogP contribution in [0.5, 0.6) is 0 Å². The van der Waals surface area contributed by atoms with Crippen LogP contribution >= 0.6 is 0 Å². The first-order valence-corrected chi connectivity index (χ1v) is 35.8. The lowest BCUT2D eigenvalue weighted by molar-refractivity contribution is -0.174. The van der Waals surface area contributed by atoms with Gasteiger partial charge in [0.2, 0.25) is 8.32 Å². The second-order valence-corrected chi connectivity index (χ2v) is 44.6. The molecule has 0 aliphatic rings. The first kappa shape index (κ1) is 43.0. The smallest absolute Gasteiger partial charge is 0.319 e. The molecule has 43 heavy (non-hydrogen) atoms. The molecule has 256 valence electrons. The highest BCUT2D eigenvalue weighted by molar-refractivity contribution is 6.72. The molecule has 0 saturated carbocycles. The summed E-state index contributed by atoms with van der Waals surface area (Å²) in [6.45, 7) is 37.2. The number of hydrogen-bond acceptors (Lipinski definition) is 9. The molecule has 0 N–H and O–H groups in total. The number of carbonyl (C=O) groups excluding carboxylic acids is 2. The maximum Gasteiger partial charge on any atom is 0.319 e. The van der Waals surface area contributed by atoms with Crippen molar-refractivity contribution in [1.82, 2.24) is 0 Å². The summed E-state index contributed by atoms with van der Waals surface area (Å²) >= 11 is 0. The molecule has 0 aromatic carbocycles. The Labute approximate surface area is 270 Å². The molecule has 15 heteroatoms. The van der Waals surface area contributed by atoms with E-state index >= 15 is 0 Å². The van der Waals surface area contributed by atoms with Gasteiger partial charge in [0.1, 0.15) is 17.4 Å². The zero-order valence-corrected chi connectivity index (χ0v) is 36.9. The van der Waals surface area contributed by atoms with Gasteiger partial charge in [-0.15, -0.1) is 0 Å². The van der Waals surface area contributed by atoms with Gasteiger partial charge in [0.05, 0.1) is 33.0 Å². The van der Waals surface area contributed by atoms with E-state index in [-0.39, 0.29) is 39.6 Å². The molecule has 0 amide bonds. The molecule has 0 aromatic rings. The van der Waals surface area contributed by atoms with E-state index in [1.165, 1.54) is 0 Å². The lowest BCUT2D eigenvalue weighted by atomic mass is 9.89. The third-order valence-corrected chi connectivity index (χ3v) is 11.5. The van der Waals surface area contributed by atoms with Crippen LogP contribution in [-0.2, 0) is 40.9 Å². The molecule has 0 fully saturated rings. The molecule has 0 spiro atoms. The Morgan fingerprint density at radius 2 is 0.605 bits per heavy atom. The van der Waals surface area contributed by atoms with Crippen LogP contribution in [0.4, 0.5) is 0 Å². The fourth-order valence-corrected chi connectivity index (χ4v) is 7.44. The Morgan fingerprint density at radius 3 is 0.814 bits per heavy atom. The molecule has 0 bridgehead atoms. The molecule has 0 aliphatic heterocycles. The van der Waals surface area contributed by atoms with Crippen LogP contribution in [0.1, 0.15) is 0 Å². The Kier molecular flexibility index (Phi) is 15.8. The predicted molar refractivity (Wildman–Crippen MR) is 192 cm³/mol. The van der Waals surface area contributed by atoms with Crippen molar-refractivity contribution in [3.63, 3.8) is 0 Å². The number of ether oxygens (including phenoxy) is 1. The molecule has 0 heterocycles. The van der Waals surface area contributed by atoms with E-state index in [9.17, 15) is 9.59 Å². The van der Waals surface area contributed by atoms with Crippen LogP contribution in [0.15, 0.2) is 0 Å². The normalized spacial score (nSPS) is 14.6. The van der Waals surface area contributed by atoms with Crippen molar-refractivity contribution in [3.8, 4) is 0 Å². The maximum atomic E-state index is 14.3. The fraction of sp³-hybridized carbons (Fsp3) is 0.929. The van der Waals surface area contributed by atoms with E-state index in [2.05, 4.69) is 98.2 Å². The van der Waals surface area contributed by atoms with Gasteiger partial charge in [0.25, 0.3) is 0 Å². The van der Waals surface area contributed by atoms with Crippen molar-refractivity contribution >= 4 is 61.8 Å². The topological polar surface area (TPSA) is 98.8 Å². The van der Waals surface area contributed by atoms with Crippen molar-refractivity contribution in [1.29, 1.82) is 0 Å². The average Bonchev–Trinajstić information content (AvgIpc) is 2.74. The van der Waals surface area contributed by atoms with Crippen molar-refractivity contribution in [2.45, 2.75) is 118 Å². The van der Waals surface area contributed by atoms with Crippen LogP contribution in [-0.4, -0.2) is 101 Å². The number of esters is 1. The summed E-state index contributed by atoms with van der Waals surface area (Å²) in [5.41, 5.74) is -2.52. The minimum atomic E-state index is -2.30. The van der Waals surface area contributed by atoms with Gasteiger partial charge in [-0.1, -0.05) is 0 Å². The molecule has 0 aromatic heterocycles. The van der Waals surface area contributed by atoms with E-state index in [0.717, 1.165) is 0 Å². The number of hydrogen-bond donors (Lipinski definition) is 0. The van der Waals surface area contributed by atoms with Crippen LogP contribution < -0.4 is 0 Å². The summed E-state index contributed by atoms with van der Waals surface area (Å²) < 4.78 is 44.0. The molecule has 9 nitrogen and oxygen atoms in total. The van der Waals surface area contributed by atoms with Gasteiger partial charge in [-0.2, -0.15) is 0 Å². The Bertz CT molecular complexity index is 826. The molecular weight excluding hydrogens is 649 g/mol. The summed E-state index contributed by atoms with van der Waals surface area (Å²) in [5.74, 6) is -0.954. The third kappa shape index (κ3) is 20.0. The summed E-state index contributed by atoms with van der Waals surface area (Å²) in [4.78, 5) is 28.3. The Morgan fingerprint density at radius 1 is 0.372 bits per heavy atom. The van der Waals surface area contributed by atoms with Crippen LogP contribution in [0.25, 0.3) is 0 Å². The van der Waals surface area contributed by atoms with Crippen molar-refractivity contribution in [3.05, 3.63) is 0 Å². The highest BCUT2D eigenvalue weighted by Gasteiger charge is 2.49. The first-order chi connectivity index (χ1) is 18.8. The molecule has 0 rings (SSSR count). The predicted octanol–water partition coefficient (Wildman–Crippen LogP) is 7.14. The molecule has 0 saturated heterocycles. The van der Waals surface area contributed by atoms with E-state index in [1.54, 1.807) is 0 Å². The monoisotopic (exact) mass is 714 g/mol. The van der Waals surface area contributed by atoms with Crippen LogP contribution in [0.3, 0.4) is 0 Å². The number of carbonyl (C=O) groups is 2. The maximum absolute atomic E-state index is 14.3. The van der Waals surface area contributed by atoms with Crippen molar-refractivity contribution < 1.29 is 40.9 Å². The number of rotatable bonds is 20. The highest BCUT2D eigenvalue weighted by atomic mass is 28.4. The summed E-state index contributed by atoms with van der Waals surface area (Å²) in [5, 5.41) is 0. The SMILES string of the molecule is C[Si](C)(C)OCC(CO[Si](C)(C)C)(CO[Si](C)(C)C)C(=O)OCC(CO[Si](C)(C)C)(CO[Si](C)(C)C)C(=O)O[Si](C)(C)C. The van der Waals surface area contributed by atoms with Crippen LogP contribution in [0, 0.1) is 10.8 Å². The summed E-state index contributed by atoms with van der Waals surface area (Å²) in [6.07, 6.45) is 0. The lowest BCUT2D eigenvalue weighted by Gasteiger charge is -2.39. The lowest BCUT2D eigenvalue weighted by Crippen LogP contribution is -2.55. The summed E-state index contributed by atoms with van der Waals surface area (Å²) in [6, 6.07) is 0. The third-order valence-electron chi connectivity index (χ3n) is 5.65. The Balaban J connectivity index is 6.81. The van der Waals surface area contributed by atoms with E-state index < -0.39 is 72.7 Å². The van der Waals surface area contributed by atoms with Gasteiger partial charge in [-0.05, 0) is 118 Å². The largest absolute Gasteiger partial charge is 0.519 e. The van der Waals surface area contributed by atoms with Crippen molar-refractivity contribution in [2.24, 2.45) is 10.8 Å². The zero-order valence-electron chi connectivity index (χ0n) is 30.9. The Hall–Kier alpha value is 0.0413. The summed E-state index contributed by atoms with van der Waals surface area (Å²) in [7, 11) is -12.5. The second-order valence-electron chi connectivity index (χ2n) is 17.6. The minimum Gasteiger partial charge on any atom is -0.519 e. The van der Waals surface area contributed by atoms with Crippen molar-refractivity contribution in [2.75, 3.05) is 39.6 Å². The first-order valence-electron chi connectivity index (χ1n) is 15.4. The quantitative estimate of drug-likeness (QED) is 0.0963. The van der Waals surface area contributed by atoms with Gasteiger partial charge < -0.3 is 31.3 Å². The molecular formula is C28H66O9Si6. The standard InChI is InChI=1S/C28H66O9Si6/c1-38(2,3)32-20-27(21-33-39(4,5)6,26(30)37-43(16,17)18)19-31-25(29)28(22-34-40(7,8)9,23-35-41(10,11)12)24-36-42(13,14)15/h19-24H2,1-18H3. The van der Waals surface area contributed by atoms with Gasteiger partial charge in [0.15, 0.2) is 41.6 Å². The van der Waals surface area contributed by atoms with Gasteiger partial charge in [-0.3, -0.25) is 9.59 Å². The molecule has 0 unspecified atom stereocenters. The molecule has 0 radical (unpaired) electrons. The van der Waals surface area contributed by atoms with Crippen LogP contribution in [0.2, 0.25) is 118 Å². The zero-order chi connectivity index (χ0) is 34.3. The molecule has 0 aliphatic carbocycles. The second kappa shape index (κ2) is 15.8. The van der Waals surface area contributed by atoms with Gasteiger partial charge >= 0.3 is 11.9 Å². The fourth-order valence-electron chi connectivity index (χ4n) is 3.12. The van der Waals surface area contributed by atoms with Gasteiger partial charge in [0, 0.05) is 0 Å². The van der Waals surface area contributed by atoms with E-state index in [4.69, 9.17) is 31.3 Å². The van der Waals surface area contributed by atoms with E-state index in [0.29, 0.717) is 0 Å². The van der Waals surface area contributed by atoms with E-state index in [1.807, 2.05) is 19.6 Å².